The number of rotatable bonds is 11. The van der Waals surface area contributed by atoms with E-state index in [0.717, 1.165) is 55.1 Å². The van der Waals surface area contributed by atoms with Crippen LogP contribution in [0.1, 0.15) is 73.7 Å². The molecular formula is C24H30N4O2. The topological polar surface area (TPSA) is 80.9 Å². The number of carboxylic acid groups (broad SMARTS) is 1. The van der Waals surface area contributed by atoms with Crippen molar-refractivity contribution in [2.75, 3.05) is 0 Å². The Morgan fingerprint density at radius 3 is 2.53 bits per heavy atom. The molecule has 6 heteroatoms. The molecule has 0 fully saturated rings. The van der Waals surface area contributed by atoms with Gasteiger partial charge in [0.25, 0.3) is 0 Å². The van der Waals surface area contributed by atoms with Gasteiger partial charge in [0.05, 0.1) is 5.56 Å². The molecule has 0 aliphatic carbocycles. The predicted octanol–water partition coefficient (Wildman–Crippen LogP) is 5.16. The maximum absolute atomic E-state index is 11.5. The molecule has 0 atom stereocenters. The summed E-state index contributed by atoms with van der Waals surface area (Å²) in [7, 11) is 0. The number of hydrogen-bond acceptors (Lipinski definition) is 4. The summed E-state index contributed by atoms with van der Waals surface area (Å²) in [5.74, 6) is 0.928. The van der Waals surface area contributed by atoms with E-state index in [-0.39, 0.29) is 5.56 Å². The summed E-state index contributed by atoms with van der Waals surface area (Å²) in [5, 5.41) is 14.1. The highest BCUT2D eigenvalue weighted by Gasteiger charge is 2.13. The van der Waals surface area contributed by atoms with Crippen molar-refractivity contribution in [3.8, 4) is 11.1 Å². The Morgan fingerprint density at radius 2 is 1.83 bits per heavy atom. The van der Waals surface area contributed by atoms with Crippen LogP contribution in [0.5, 0.6) is 0 Å². The van der Waals surface area contributed by atoms with Crippen molar-refractivity contribution in [2.24, 2.45) is 0 Å². The number of hydrogen-bond donors (Lipinski definition) is 1. The van der Waals surface area contributed by atoms with Crippen molar-refractivity contribution < 1.29 is 9.90 Å². The van der Waals surface area contributed by atoms with E-state index in [4.69, 9.17) is 10.1 Å². The van der Waals surface area contributed by atoms with Gasteiger partial charge in [0.1, 0.15) is 5.82 Å². The van der Waals surface area contributed by atoms with E-state index in [1.165, 1.54) is 12.8 Å². The highest BCUT2D eigenvalue weighted by molar-refractivity contribution is 5.95. The quantitative estimate of drug-likeness (QED) is 0.445. The monoisotopic (exact) mass is 406 g/mol. The van der Waals surface area contributed by atoms with Crippen LogP contribution in [0.25, 0.3) is 11.1 Å². The number of nitrogens with zero attached hydrogens (tertiary/aromatic N) is 4. The molecule has 1 aromatic carbocycles. The van der Waals surface area contributed by atoms with Gasteiger partial charge in [-0.1, -0.05) is 57.4 Å². The number of aromatic carboxylic acids is 1. The second kappa shape index (κ2) is 10.7. The molecule has 0 aliphatic heterocycles. The lowest BCUT2D eigenvalue weighted by molar-refractivity contribution is 0.0697. The van der Waals surface area contributed by atoms with E-state index < -0.39 is 5.97 Å². The van der Waals surface area contributed by atoms with Gasteiger partial charge in [0.2, 0.25) is 0 Å². The fourth-order valence-electron chi connectivity index (χ4n) is 3.45. The normalized spacial score (nSPS) is 11.0. The maximum Gasteiger partial charge on any atom is 0.336 e. The molecule has 0 unspecified atom stereocenters. The van der Waals surface area contributed by atoms with E-state index in [2.05, 4.69) is 18.8 Å². The fraction of sp³-hybridized carbons (Fsp3) is 0.417. The van der Waals surface area contributed by atoms with Gasteiger partial charge in [-0.05, 0) is 30.5 Å². The summed E-state index contributed by atoms with van der Waals surface area (Å²) in [5.41, 5.74) is 2.65. The number of aryl methyl sites for hydroxylation is 2. The summed E-state index contributed by atoms with van der Waals surface area (Å²) in [6, 6.07) is 10.9. The predicted molar refractivity (Wildman–Crippen MR) is 118 cm³/mol. The first-order chi connectivity index (χ1) is 14.6. The van der Waals surface area contributed by atoms with Gasteiger partial charge in [-0.15, -0.1) is 0 Å². The third kappa shape index (κ3) is 5.53. The van der Waals surface area contributed by atoms with Crippen molar-refractivity contribution in [1.82, 2.24) is 19.7 Å². The Labute approximate surface area is 178 Å². The van der Waals surface area contributed by atoms with Crippen LogP contribution in [-0.4, -0.2) is 30.8 Å². The Balaban J connectivity index is 1.78. The summed E-state index contributed by atoms with van der Waals surface area (Å²) in [4.78, 5) is 20.9. The van der Waals surface area contributed by atoms with E-state index in [1.807, 2.05) is 28.9 Å². The first-order valence-electron chi connectivity index (χ1n) is 10.8. The molecule has 158 valence electrons. The van der Waals surface area contributed by atoms with Crippen LogP contribution in [-0.2, 0) is 19.4 Å². The zero-order chi connectivity index (χ0) is 21.3. The molecule has 30 heavy (non-hydrogen) atoms. The van der Waals surface area contributed by atoms with Gasteiger partial charge >= 0.3 is 5.97 Å². The average Bonchev–Trinajstić information content (AvgIpc) is 3.14. The number of aromatic nitrogens is 4. The van der Waals surface area contributed by atoms with E-state index in [0.29, 0.717) is 12.0 Å². The van der Waals surface area contributed by atoms with Crippen molar-refractivity contribution in [3.05, 3.63) is 65.5 Å². The molecule has 0 spiro atoms. The summed E-state index contributed by atoms with van der Waals surface area (Å²) < 4.78 is 2.03. The maximum atomic E-state index is 11.5. The zero-order valence-corrected chi connectivity index (χ0v) is 17.8. The van der Waals surface area contributed by atoms with Crippen LogP contribution in [0.15, 0.2) is 42.6 Å². The minimum atomic E-state index is -0.936. The van der Waals surface area contributed by atoms with Crippen molar-refractivity contribution in [2.45, 2.75) is 65.3 Å². The van der Waals surface area contributed by atoms with Crippen LogP contribution >= 0.6 is 0 Å². The molecule has 0 amide bonds. The molecule has 3 rings (SSSR count). The van der Waals surface area contributed by atoms with Gasteiger partial charge in [-0.3, -0.25) is 4.98 Å². The van der Waals surface area contributed by atoms with Crippen LogP contribution in [0.3, 0.4) is 0 Å². The van der Waals surface area contributed by atoms with Gasteiger partial charge in [-0.25, -0.2) is 14.5 Å². The largest absolute Gasteiger partial charge is 0.478 e. The number of benzene rings is 1. The van der Waals surface area contributed by atoms with Crippen LogP contribution in [0, 0.1) is 0 Å². The second-order valence-electron chi connectivity index (χ2n) is 7.54. The summed E-state index contributed by atoms with van der Waals surface area (Å²) in [6.07, 6.45) is 8.95. The molecule has 6 nitrogen and oxygen atoms in total. The first-order valence-corrected chi connectivity index (χ1v) is 10.8. The van der Waals surface area contributed by atoms with E-state index in [1.54, 1.807) is 18.3 Å². The molecule has 0 saturated heterocycles. The summed E-state index contributed by atoms with van der Waals surface area (Å²) >= 11 is 0. The van der Waals surface area contributed by atoms with Crippen molar-refractivity contribution in [1.29, 1.82) is 0 Å². The molecule has 0 bridgehead atoms. The highest BCUT2D eigenvalue weighted by Crippen LogP contribution is 2.23. The van der Waals surface area contributed by atoms with E-state index in [9.17, 15) is 9.90 Å². The third-order valence-electron chi connectivity index (χ3n) is 5.15. The van der Waals surface area contributed by atoms with Gasteiger partial charge in [0, 0.05) is 36.8 Å². The lowest BCUT2D eigenvalue weighted by atomic mass is 10.0. The fourth-order valence-corrected chi connectivity index (χ4v) is 3.45. The Bertz CT molecular complexity index is 964. The van der Waals surface area contributed by atoms with Gasteiger partial charge in [0.15, 0.2) is 5.82 Å². The Morgan fingerprint density at radius 1 is 1.03 bits per heavy atom. The zero-order valence-electron chi connectivity index (χ0n) is 17.8. The average molecular weight is 407 g/mol. The van der Waals surface area contributed by atoms with Crippen LogP contribution in [0.4, 0.5) is 0 Å². The van der Waals surface area contributed by atoms with Crippen LogP contribution in [0.2, 0.25) is 0 Å². The molecule has 0 saturated carbocycles. The molecule has 1 N–H and O–H groups in total. The lowest BCUT2D eigenvalue weighted by Crippen LogP contribution is -2.07. The summed E-state index contributed by atoms with van der Waals surface area (Å²) in [6.45, 7) is 5.24. The van der Waals surface area contributed by atoms with Crippen LogP contribution < -0.4 is 0 Å². The number of carbonyl (C=O) groups is 1. The van der Waals surface area contributed by atoms with E-state index >= 15 is 0 Å². The number of carboxylic acids is 1. The Hall–Kier alpha value is -3.02. The molecular weight excluding hydrogens is 376 g/mol. The number of pyridine rings is 1. The minimum absolute atomic E-state index is 0.281. The smallest absolute Gasteiger partial charge is 0.336 e. The van der Waals surface area contributed by atoms with Crippen molar-refractivity contribution in [3.63, 3.8) is 0 Å². The number of unbranched alkanes of at least 4 members (excludes halogenated alkanes) is 3. The molecule has 0 aliphatic rings. The standard InChI is InChI=1S/C24H30N4O2/c1-3-5-7-12-22-26-23(28(27-22)15-6-4-2)16-19-14-13-18(17-25-19)20-10-8-9-11-21(20)24(29)30/h8-11,13-14,17H,3-7,12,15-16H2,1-2H3,(H,29,30). The molecule has 3 aromatic rings. The van der Waals surface area contributed by atoms with Gasteiger partial charge < -0.3 is 5.11 Å². The molecule has 2 aromatic heterocycles. The Kier molecular flexibility index (Phi) is 7.71. The third-order valence-corrected chi connectivity index (χ3v) is 5.15. The lowest BCUT2D eigenvalue weighted by Gasteiger charge is -2.08. The highest BCUT2D eigenvalue weighted by atomic mass is 16.4. The SMILES string of the molecule is CCCCCc1nc(Cc2ccc(-c3ccccc3C(=O)O)cn2)n(CCCC)n1. The minimum Gasteiger partial charge on any atom is -0.478 e. The molecule has 2 heterocycles. The molecule has 0 radical (unpaired) electrons. The second-order valence-corrected chi connectivity index (χ2v) is 7.54. The van der Waals surface area contributed by atoms with Gasteiger partial charge in [-0.2, -0.15) is 5.10 Å². The first kappa shape index (κ1) is 21.7. The van der Waals surface area contributed by atoms with Crippen molar-refractivity contribution >= 4 is 5.97 Å².